The minimum absolute atomic E-state index is 0.0610. The van der Waals surface area contributed by atoms with Crippen LogP contribution < -0.4 is 27.0 Å². The number of fused-ring (bicyclic) bond motifs is 1. The van der Waals surface area contributed by atoms with Crippen molar-refractivity contribution >= 4 is 20.9 Å². The third-order valence-electron chi connectivity index (χ3n) is 3.95. The van der Waals surface area contributed by atoms with E-state index in [-0.39, 0.29) is 23.1 Å². The van der Waals surface area contributed by atoms with Gasteiger partial charge in [-0.3, -0.25) is 0 Å². The number of hydrogen-bond acceptors (Lipinski definition) is 5. The third kappa shape index (κ3) is 2.86. The van der Waals surface area contributed by atoms with Crippen LogP contribution in [0.1, 0.15) is 12.5 Å². The topological polar surface area (TPSA) is 86.8 Å². The molecule has 1 aliphatic rings. The first-order chi connectivity index (χ1) is 11.5. The molecule has 9 heteroatoms. The van der Waals surface area contributed by atoms with Gasteiger partial charge < -0.3 is 0 Å². The maximum absolute atomic E-state index is 12.7. The summed E-state index contributed by atoms with van der Waals surface area (Å²) < 4.78 is 27.7. The van der Waals surface area contributed by atoms with Gasteiger partial charge in [-0.1, -0.05) is 0 Å². The van der Waals surface area contributed by atoms with Crippen LogP contribution in [0.15, 0.2) is 47.7 Å². The van der Waals surface area contributed by atoms with E-state index in [0.29, 0.717) is 17.5 Å². The number of aromatic nitrogens is 4. The summed E-state index contributed by atoms with van der Waals surface area (Å²) >= 11 is -0.677. The van der Waals surface area contributed by atoms with Gasteiger partial charge in [0, 0.05) is 0 Å². The summed E-state index contributed by atoms with van der Waals surface area (Å²) in [6.07, 6.45) is 3.56. The molecule has 3 heterocycles. The zero-order valence-electron chi connectivity index (χ0n) is 12.5. The molecule has 1 unspecified atom stereocenters. The Kier molecular flexibility index (Phi) is 3.91. The van der Waals surface area contributed by atoms with Crippen LogP contribution in [0.5, 0.6) is 0 Å². The van der Waals surface area contributed by atoms with Crippen LogP contribution in [0, 0.1) is 3.57 Å². The summed E-state index contributed by atoms with van der Waals surface area (Å²) in [4.78, 5) is 17.1. The number of sulfone groups is 1. The molecule has 0 N–H and O–H groups in total. The van der Waals surface area contributed by atoms with Crippen molar-refractivity contribution in [3.05, 3.63) is 56.8 Å². The first kappa shape index (κ1) is 15.8. The molecule has 1 aromatic carbocycles. The van der Waals surface area contributed by atoms with Gasteiger partial charge in [0.25, 0.3) is 0 Å². The molecule has 126 valence electrons. The van der Waals surface area contributed by atoms with E-state index in [1.54, 1.807) is 13.8 Å². The second-order valence-electron chi connectivity index (χ2n) is 5.62. The summed E-state index contributed by atoms with van der Waals surface area (Å²) in [7, 11) is -3.02. The third-order valence-corrected chi connectivity index (χ3v) is 8.18. The molecule has 0 amide bonds. The normalized spacial score (nSPS) is 19.9. The molecule has 3 aromatic rings. The summed E-state index contributed by atoms with van der Waals surface area (Å²) in [6.45, 7) is 0. The van der Waals surface area contributed by atoms with Gasteiger partial charge in [0.1, 0.15) is 0 Å². The van der Waals surface area contributed by atoms with Gasteiger partial charge in [-0.25, -0.2) is 0 Å². The van der Waals surface area contributed by atoms with Gasteiger partial charge >= 0.3 is 149 Å². The van der Waals surface area contributed by atoms with Crippen LogP contribution in [0.2, 0.25) is 0 Å². The zero-order chi connectivity index (χ0) is 16.7. The molecule has 1 aliphatic heterocycles. The van der Waals surface area contributed by atoms with E-state index in [4.69, 9.17) is 0 Å². The van der Waals surface area contributed by atoms with Crippen LogP contribution in [0.25, 0.3) is 11.0 Å². The van der Waals surface area contributed by atoms with Gasteiger partial charge in [-0.2, -0.15) is 0 Å². The number of benzene rings is 1. The monoisotopic (exact) mass is 457 g/mol. The quantitative estimate of drug-likeness (QED) is 0.412. The Balaban J connectivity index is 1.72. The summed E-state index contributed by atoms with van der Waals surface area (Å²) in [5.41, 5.74) is 0.346. The van der Waals surface area contributed by atoms with E-state index in [1.807, 2.05) is 30.3 Å². The van der Waals surface area contributed by atoms with Crippen molar-refractivity contribution in [1.29, 1.82) is 0 Å². The average Bonchev–Trinajstić information content (AvgIpc) is 3.14. The second-order valence-corrected chi connectivity index (χ2v) is 10.6. The molecule has 7 nitrogen and oxygen atoms in total. The summed E-state index contributed by atoms with van der Waals surface area (Å²) in [6, 6.07) is 9.60. The van der Waals surface area contributed by atoms with Crippen molar-refractivity contribution in [1.82, 2.24) is 17.5 Å². The molecule has 1 atom stereocenters. The molecule has 0 spiro atoms. The molecule has 24 heavy (non-hydrogen) atoms. The van der Waals surface area contributed by atoms with Crippen LogP contribution in [-0.2, 0) is 9.84 Å². The first-order valence-electron chi connectivity index (χ1n) is 7.39. The van der Waals surface area contributed by atoms with Crippen LogP contribution in [0.3, 0.4) is 0 Å². The Morgan fingerprint density at radius 3 is 2.71 bits per heavy atom. The Morgan fingerprint density at radius 1 is 1.21 bits per heavy atom. The van der Waals surface area contributed by atoms with Crippen molar-refractivity contribution < 1.29 is 29.9 Å². The Hall–Kier alpha value is -1.75. The van der Waals surface area contributed by atoms with Crippen molar-refractivity contribution in [2.45, 2.75) is 12.5 Å². The van der Waals surface area contributed by atoms with Gasteiger partial charge in [0.05, 0.1) is 0 Å². The molecular weight excluding hydrogens is 443 g/mol. The molecular formula is C15H14IN4O3S-. The van der Waals surface area contributed by atoms with Crippen LogP contribution in [-0.4, -0.2) is 37.5 Å². The van der Waals surface area contributed by atoms with Gasteiger partial charge in [-0.15, -0.1) is 0 Å². The van der Waals surface area contributed by atoms with Crippen molar-refractivity contribution in [2.24, 2.45) is 0 Å². The second kappa shape index (κ2) is 5.96. The first-order valence-corrected chi connectivity index (χ1v) is 11.3. The van der Waals surface area contributed by atoms with Gasteiger partial charge in [0.2, 0.25) is 0 Å². The fraction of sp³-hybridized carbons (Fsp3) is 0.267. The molecule has 1 fully saturated rings. The fourth-order valence-electron chi connectivity index (χ4n) is 2.78. The number of nitrogens with zero attached hydrogens (tertiary/aromatic N) is 4. The summed E-state index contributed by atoms with van der Waals surface area (Å²) in [5.74, 6) is 0.223. The minimum atomic E-state index is -3.02. The standard InChI is InChI=1S/C15H14IN4O3S/c21-15-13-8-18-20(12-6-7-24(22,23)9-12)14(13)17-10-19(15)16-11-4-2-1-3-5-11/h1-5,8,10,12H,6-7,9H2/q-1. The number of rotatable bonds is 3. The molecule has 2 aromatic heterocycles. The average molecular weight is 457 g/mol. The molecule has 0 saturated carbocycles. The van der Waals surface area contributed by atoms with E-state index in [0.717, 1.165) is 3.57 Å². The molecule has 0 aliphatic carbocycles. The Labute approximate surface area is 148 Å². The van der Waals surface area contributed by atoms with E-state index < -0.39 is 31.3 Å². The number of hydrogen-bond donors (Lipinski definition) is 0. The molecule has 0 radical (unpaired) electrons. The fourth-order valence-corrected chi connectivity index (χ4v) is 6.54. The maximum atomic E-state index is 12.7. The van der Waals surface area contributed by atoms with Crippen molar-refractivity contribution in [3.63, 3.8) is 0 Å². The van der Waals surface area contributed by atoms with Gasteiger partial charge in [0.15, 0.2) is 0 Å². The van der Waals surface area contributed by atoms with E-state index in [2.05, 4.69) is 10.1 Å². The van der Waals surface area contributed by atoms with Crippen LogP contribution >= 0.6 is 0 Å². The Bertz CT molecular complexity index is 1060. The zero-order valence-corrected chi connectivity index (χ0v) is 15.5. The van der Waals surface area contributed by atoms with Crippen molar-refractivity contribution in [3.8, 4) is 0 Å². The molecule has 0 bridgehead atoms. The Morgan fingerprint density at radius 2 is 2.00 bits per heavy atom. The predicted octanol–water partition coefficient (Wildman–Crippen LogP) is -2.33. The van der Waals surface area contributed by atoms with Gasteiger partial charge in [-0.05, 0) is 0 Å². The predicted molar refractivity (Wildman–Crippen MR) is 84.6 cm³/mol. The van der Waals surface area contributed by atoms with Crippen LogP contribution in [0.4, 0.5) is 0 Å². The SMILES string of the molecule is O=c1c2cnn(C3CCS(=O)(=O)C3)c2ncn1[I-]c1ccccc1. The molecule has 4 rings (SSSR count). The van der Waals surface area contributed by atoms with E-state index >= 15 is 0 Å². The summed E-state index contributed by atoms with van der Waals surface area (Å²) in [5, 5.41) is 4.68. The van der Waals surface area contributed by atoms with E-state index in [1.165, 1.54) is 6.20 Å². The van der Waals surface area contributed by atoms with E-state index in [9.17, 15) is 13.2 Å². The molecule has 1 saturated heterocycles. The number of halogens is 1. The van der Waals surface area contributed by atoms with Crippen molar-refractivity contribution in [2.75, 3.05) is 11.5 Å².